The van der Waals surface area contributed by atoms with Gasteiger partial charge in [0, 0.05) is 0 Å². The number of rotatable bonds is 8. The first kappa shape index (κ1) is 19.1. The number of nitrogens with one attached hydrogen (secondary N) is 1. The molecule has 0 saturated heterocycles. The Kier molecular flexibility index (Phi) is 6.24. The Bertz CT molecular complexity index is 919. The summed E-state index contributed by atoms with van der Waals surface area (Å²) < 4.78 is 11.8. The zero-order valence-electron chi connectivity index (χ0n) is 14.7. The first-order chi connectivity index (χ1) is 13.1. The molecule has 27 heavy (non-hydrogen) atoms. The molecule has 1 N–H and O–H groups in total. The molecule has 0 spiro atoms. The van der Waals surface area contributed by atoms with E-state index in [9.17, 15) is 9.59 Å². The molecule has 3 aromatic rings. The zero-order chi connectivity index (χ0) is 19.2. The molecule has 0 aliphatic carbocycles. The van der Waals surface area contributed by atoms with Gasteiger partial charge in [0.1, 0.15) is 17.2 Å². The highest BCUT2D eigenvalue weighted by atomic mass is 32.2. The number of amides is 1. The molecule has 3 rings (SSSR count). The van der Waals surface area contributed by atoms with Crippen LogP contribution in [0.1, 0.15) is 27.9 Å². The van der Waals surface area contributed by atoms with Gasteiger partial charge in [0.15, 0.2) is 0 Å². The summed E-state index contributed by atoms with van der Waals surface area (Å²) in [4.78, 5) is 24.6. The minimum absolute atomic E-state index is 0.129. The number of hydrogen-bond donors (Lipinski definition) is 1. The molecule has 0 radical (unpaired) electrons. The number of furan rings is 1. The second kappa shape index (κ2) is 8.82. The fraction of sp³-hybridized carbons (Fsp3) is 0.312. The number of nitrogens with zero attached hydrogens (tertiary/aromatic N) is 4. The molecule has 1 amide bonds. The van der Waals surface area contributed by atoms with Crippen LogP contribution in [-0.2, 0) is 16.1 Å². The number of aromatic nitrogens is 4. The van der Waals surface area contributed by atoms with Crippen LogP contribution in [0.5, 0.6) is 0 Å². The van der Waals surface area contributed by atoms with Gasteiger partial charge in [-0.1, -0.05) is 11.8 Å². The van der Waals surface area contributed by atoms with Crippen molar-refractivity contribution in [3.8, 4) is 0 Å². The van der Waals surface area contributed by atoms with Gasteiger partial charge in [-0.2, -0.15) is 0 Å². The summed E-state index contributed by atoms with van der Waals surface area (Å²) in [6.07, 6.45) is 1.58. The van der Waals surface area contributed by atoms with Crippen molar-refractivity contribution < 1.29 is 18.7 Å². The largest absolute Gasteiger partial charge is 0.467 e. The summed E-state index contributed by atoms with van der Waals surface area (Å²) in [6, 6.07) is 5.36. The van der Waals surface area contributed by atoms with Crippen LogP contribution in [0.4, 0.5) is 5.00 Å². The predicted molar refractivity (Wildman–Crippen MR) is 100.0 cm³/mol. The minimum Gasteiger partial charge on any atom is -0.467 e. The van der Waals surface area contributed by atoms with Crippen molar-refractivity contribution in [1.29, 1.82) is 0 Å². The quantitative estimate of drug-likeness (QED) is 0.448. The number of aryl methyl sites for hydroxylation is 1. The predicted octanol–water partition coefficient (Wildman–Crippen LogP) is 2.59. The van der Waals surface area contributed by atoms with E-state index in [0.29, 0.717) is 33.9 Å². The molecule has 0 bridgehead atoms. The van der Waals surface area contributed by atoms with E-state index < -0.39 is 0 Å². The summed E-state index contributed by atoms with van der Waals surface area (Å²) in [5.74, 6) is 0.245. The number of hydrogen-bond acceptors (Lipinski definition) is 9. The highest BCUT2D eigenvalue weighted by Crippen LogP contribution is 2.27. The lowest BCUT2D eigenvalue weighted by atomic mass is 10.3. The van der Waals surface area contributed by atoms with E-state index in [1.165, 1.54) is 23.1 Å². The number of anilines is 1. The fourth-order valence-electron chi connectivity index (χ4n) is 2.20. The van der Waals surface area contributed by atoms with Gasteiger partial charge in [-0.3, -0.25) is 4.79 Å². The maximum absolute atomic E-state index is 12.2. The third-order valence-corrected chi connectivity index (χ3v) is 5.45. The van der Waals surface area contributed by atoms with Crippen LogP contribution in [0.2, 0.25) is 0 Å². The summed E-state index contributed by atoms with van der Waals surface area (Å²) in [5, 5.41) is 15.3. The molecule has 3 heterocycles. The molecule has 0 aliphatic rings. The Hall–Kier alpha value is -2.66. The smallest absolute Gasteiger partial charge is 0.348 e. The normalized spacial score (nSPS) is 10.7. The molecule has 3 aromatic heterocycles. The third-order valence-electron chi connectivity index (χ3n) is 3.36. The summed E-state index contributed by atoms with van der Waals surface area (Å²) in [7, 11) is 0. The highest BCUT2D eigenvalue weighted by molar-refractivity contribution is 7.99. The number of tetrazole rings is 1. The Labute approximate surface area is 163 Å². The van der Waals surface area contributed by atoms with Crippen LogP contribution in [0.25, 0.3) is 0 Å². The van der Waals surface area contributed by atoms with Gasteiger partial charge in [0.05, 0.1) is 23.6 Å². The molecule has 0 fully saturated rings. The van der Waals surface area contributed by atoms with E-state index in [4.69, 9.17) is 9.15 Å². The van der Waals surface area contributed by atoms with E-state index >= 15 is 0 Å². The van der Waals surface area contributed by atoms with Gasteiger partial charge < -0.3 is 14.5 Å². The molecule has 11 heteroatoms. The lowest BCUT2D eigenvalue weighted by Gasteiger charge is -2.03. The van der Waals surface area contributed by atoms with Crippen LogP contribution >= 0.6 is 23.1 Å². The maximum atomic E-state index is 12.2. The van der Waals surface area contributed by atoms with Crippen molar-refractivity contribution in [1.82, 2.24) is 20.2 Å². The Balaban J connectivity index is 1.56. The van der Waals surface area contributed by atoms with Crippen LogP contribution < -0.4 is 5.32 Å². The average molecular weight is 407 g/mol. The van der Waals surface area contributed by atoms with E-state index in [1.54, 1.807) is 36.9 Å². The first-order valence-electron chi connectivity index (χ1n) is 8.05. The molecule has 0 atom stereocenters. The summed E-state index contributed by atoms with van der Waals surface area (Å²) in [6.45, 7) is 4.24. The molecule has 0 unspecified atom stereocenters. The van der Waals surface area contributed by atoms with Crippen LogP contribution in [0.15, 0.2) is 34.0 Å². The van der Waals surface area contributed by atoms with Crippen LogP contribution in [-0.4, -0.2) is 44.4 Å². The molecule has 0 saturated carbocycles. The second-order valence-electron chi connectivity index (χ2n) is 5.38. The van der Waals surface area contributed by atoms with Crippen molar-refractivity contribution >= 4 is 40.0 Å². The van der Waals surface area contributed by atoms with E-state index in [1.807, 2.05) is 6.07 Å². The number of thiophene rings is 1. The van der Waals surface area contributed by atoms with Crippen LogP contribution in [0.3, 0.4) is 0 Å². The van der Waals surface area contributed by atoms with Gasteiger partial charge in [0.25, 0.3) is 0 Å². The lowest BCUT2D eigenvalue weighted by molar-refractivity contribution is -0.113. The topological polar surface area (TPSA) is 112 Å². The average Bonchev–Trinajstić information content (AvgIpc) is 3.36. The standard InChI is InChI=1S/C16H17N5O4S2/c1-3-24-15(23)14-10(2)7-13(27-14)17-12(22)9-26-16-18-19-20-21(16)8-11-5-4-6-25-11/h4-7H,3,8-9H2,1-2H3,(H,17,22). The Morgan fingerprint density at radius 2 is 2.30 bits per heavy atom. The van der Waals surface area contributed by atoms with Crippen LogP contribution in [0, 0.1) is 6.92 Å². The van der Waals surface area contributed by atoms with Gasteiger partial charge in [-0.15, -0.1) is 16.4 Å². The number of esters is 1. The van der Waals surface area contributed by atoms with Crippen molar-refractivity contribution in [2.45, 2.75) is 25.5 Å². The number of ether oxygens (including phenoxy) is 1. The highest BCUT2D eigenvalue weighted by Gasteiger charge is 2.17. The van der Waals surface area contributed by atoms with Gasteiger partial charge >= 0.3 is 5.97 Å². The summed E-state index contributed by atoms with van der Waals surface area (Å²) >= 11 is 2.41. The zero-order valence-corrected chi connectivity index (χ0v) is 16.3. The second-order valence-corrected chi connectivity index (χ2v) is 7.37. The third kappa shape index (κ3) is 4.95. The number of carbonyl (C=O) groups excluding carboxylic acids is 2. The molecule has 142 valence electrons. The SMILES string of the molecule is CCOC(=O)c1sc(NC(=O)CSc2nnnn2Cc2ccco2)cc1C. The minimum atomic E-state index is -0.382. The van der Waals surface area contributed by atoms with E-state index in [2.05, 4.69) is 20.8 Å². The molecular weight excluding hydrogens is 390 g/mol. The first-order valence-corrected chi connectivity index (χ1v) is 9.85. The number of carbonyl (C=O) groups is 2. The Morgan fingerprint density at radius 3 is 3.04 bits per heavy atom. The molecule has 0 aliphatic heterocycles. The van der Waals surface area contributed by atoms with Crippen molar-refractivity contribution in [3.05, 3.63) is 40.7 Å². The van der Waals surface area contributed by atoms with E-state index in [-0.39, 0.29) is 17.6 Å². The molecule has 0 aromatic carbocycles. The molecule has 9 nitrogen and oxygen atoms in total. The summed E-state index contributed by atoms with van der Waals surface area (Å²) in [5.41, 5.74) is 0.767. The van der Waals surface area contributed by atoms with E-state index in [0.717, 1.165) is 5.56 Å². The van der Waals surface area contributed by atoms with Gasteiger partial charge in [-0.05, 0) is 48.0 Å². The maximum Gasteiger partial charge on any atom is 0.348 e. The van der Waals surface area contributed by atoms with Gasteiger partial charge in [-0.25, -0.2) is 9.48 Å². The fourth-order valence-corrected chi connectivity index (χ4v) is 3.86. The van der Waals surface area contributed by atoms with Crippen molar-refractivity contribution in [2.75, 3.05) is 17.7 Å². The monoisotopic (exact) mass is 407 g/mol. The Morgan fingerprint density at radius 1 is 1.44 bits per heavy atom. The lowest BCUT2D eigenvalue weighted by Crippen LogP contribution is -2.14. The van der Waals surface area contributed by atoms with Crippen molar-refractivity contribution in [2.24, 2.45) is 0 Å². The van der Waals surface area contributed by atoms with Crippen molar-refractivity contribution in [3.63, 3.8) is 0 Å². The van der Waals surface area contributed by atoms with Gasteiger partial charge in [0.2, 0.25) is 11.1 Å². The molecular formula is C16H17N5O4S2. The number of thioether (sulfide) groups is 1.